The molecule has 3 N–H and O–H groups in total. The first-order chi connectivity index (χ1) is 17.1. The summed E-state index contributed by atoms with van der Waals surface area (Å²) in [6.45, 7) is 9.45. The number of hydrogen-bond donors (Lipinski definition) is 3. The molecule has 0 bridgehead atoms. The maximum absolute atomic E-state index is 11.1. The lowest BCUT2D eigenvalue weighted by Gasteiger charge is -2.28. The van der Waals surface area contributed by atoms with Crippen LogP contribution in [0.25, 0.3) is 0 Å². The van der Waals surface area contributed by atoms with Gasteiger partial charge < -0.3 is 15.3 Å². The summed E-state index contributed by atoms with van der Waals surface area (Å²) in [4.78, 5) is 0. The molecule has 0 heterocycles. The van der Waals surface area contributed by atoms with E-state index in [2.05, 4.69) is 33.8 Å². The summed E-state index contributed by atoms with van der Waals surface area (Å²) >= 11 is 0. The Bertz CT molecular complexity index is 767. The van der Waals surface area contributed by atoms with Gasteiger partial charge >= 0.3 is 0 Å². The Morgan fingerprint density at radius 2 is 1.53 bits per heavy atom. The molecular formula is C33H56O3. The van der Waals surface area contributed by atoms with Gasteiger partial charge in [-0.2, -0.15) is 0 Å². The predicted octanol–water partition coefficient (Wildman–Crippen LogP) is 8.22. The van der Waals surface area contributed by atoms with E-state index in [1.165, 1.54) is 63.4 Å². The van der Waals surface area contributed by atoms with Gasteiger partial charge in [0.05, 0.1) is 12.2 Å². The molecule has 6 atom stereocenters. The molecule has 36 heavy (non-hydrogen) atoms. The molecule has 3 nitrogen and oxygen atoms in total. The fourth-order valence-electron chi connectivity index (χ4n) is 6.62. The molecular weight excluding hydrogens is 444 g/mol. The maximum atomic E-state index is 11.1. The van der Waals surface area contributed by atoms with Crippen LogP contribution in [0.3, 0.4) is 0 Å². The molecule has 2 saturated carbocycles. The number of unbranched alkanes of at least 4 members (excludes halogenated alkanes) is 3. The number of phenols is 1. The summed E-state index contributed by atoms with van der Waals surface area (Å²) in [5.74, 6) is 2.38. The lowest BCUT2D eigenvalue weighted by Crippen LogP contribution is -2.26. The van der Waals surface area contributed by atoms with Crippen LogP contribution < -0.4 is 0 Å². The zero-order chi connectivity index (χ0) is 26.1. The van der Waals surface area contributed by atoms with Crippen LogP contribution >= 0.6 is 0 Å². The molecule has 3 rings (SSSR count). The molecule has 0 saturated heterocycles. The van der Waals surface area contributed by atoms with Crippen LogP contribution in [0, 0.1) is 29.1 Å². The van der Waals surface area contributed by atoms with Gasteiger partial charge in [-0.3, -0.25) is 0 Å². The number of aliphatic hydroxyl groups excluding tert-OH is 2. The van der Waals surface area contributed by atoms with E-state index in [0.717, 1.165) is 56.4 Å². The first kappa shape index (κ1) is 29.5. The van der Waals surface area contributed by atoms with Gasteiger partial charge in [0.2, 0.25) is 0 Å². The van der Waals surface area contributed by atoms with Gasteiger partial charge in [0, 0.05) is 0 Å². The highest BCUT2D eigenvalue weighted by Gasteiger charge is 2.28. The quantitative estimate of drug-likeness (QED) is 0.212. The summed E-state index contributed by atoms with van der Waals surface area (Å²) in [6, 6.07) is 6.01. The topological polar surface area (TPSA) is 60.7 Å². The second-order valence-electron chi connectivity index (χ2n) is 13.6. The number of benzene rings is 1. The molecule has 2 aliphatic rings. The molecule has 3 heteroatoms. The minimum Gasteiger partial charge on any atom is -0.508 e. The van der Waals surface area contributed by atoms with E-state index in [-0.39, 0.29) is 18.1 Å². The van der Waals surface area contributed by atoms with Crippen molar-refractivity contribution in [1.82, 2.24) is 0 Å². The summed E-state index contributed by atoms with van der Waals surface area (Å²) in [5.41, 5.74) is 2.61. The van der Waals surface area contributed by atoms with Gasteiger partial charge in [-0.15, -0.1) is 0 Å². The van der Waals surface area contributed by atoms with Crippen LogP contribution in [-0.2, 0) is 12.8 Å². The van der Waals surface area contributed by atoms with Crippen molar-refractivity contribution >= 4 is 0 Å². The molecule has 2 fully saturated rings. The van der Waals surface area contributed by atoms with Crippen molar-refractivity contribution in [3.63, 3.8) is 0 Å². The number of aliphatic hydroxyl groups is 2. The van der Waals surface area contributed by atoms with E-state index in [1.54, 1.807) is 0 Å². The standard InChI is InChI=1S/C33H56O3/c1-24(33(2,3)4)12-7-5-6-8-13-25-14-11-16-27(32(36)22-25)20-26-18-19-31(35)29(21-26)23-28-15-9-10-17-30(28)34/h18-19,21,24-25,27-28,30,32,34-36H,5-17,20,22-23H2,1-4H3. The minimum absolute atomic E-state index is 0.220. The minimum atomic E-state index is -0.241. The fourth-order valence-corrected chi connectivity index (χ4v) is 6.62. The summed E-state index contributed by atoms with van der Waals surface area (Å²) in [6.07, 6.45) is 17.9. The second kappa shape index (κ2) is 14.2. The van der Waals surface area contributed by atoms with Crippen LogP contribution in [-0.4, -0.2) is 27.5 Å². The van der Waals surface area contributed by atoms with E-state index in [1.807, 2.05) is 12.1 Å². The monoisotopic (exact) mass is 500 g/mol. The normalized spacial score (nSPS) is 28.6. The lowest BCUT2D eigenvalue weighted by atomic mass is 9.79. The third-order valence-electron chi connectivity index (χ3n) is 9.78. The van der Waals surface area contributed by atoms with E-state index in [4.69, 9.17) is 0 Å². The van der Waals surface area contributed by atoms with Crippen molar-refractivity contribution in [3.05, 3.63) is 29.3 Å². The van der Waals surface area contributed by atoms with Crippen molar-refractivity contribution in [3.8, 4) is 5.75 Å². The highest BCUT2D eigenvalue weighted by Crippen LogP contribution is 2.35. The molecule has 0 amide bonds. The van der Waals surface area contributed by atoms with E-state index >= 15 is 0 Å². The van der Waals surface area contributed by atoms with Crippen molar-refractivity contribution in [1.29, 1.82) is 0 Å². The molecule has 206 valence electrons. The third-order valence-corrected chi connectivity index (χ3v) is 9.78. The number of hydrogen-bond acceptors (Lipinski definition) is 3. The Labute approximate surface area is 222 Å². The number of phenolic OH excluding ortho intramolecular Hbond substituents is 1. The van der Waals surface area contributed by atoms with E-state index < -0.39 is 0 Å². The fraction of sp³-hybridized carbons (Fsp3) is 0.818. The maximum Gasteiger partial charge on any atom is 0.118 e. The smallest absolute Gasteiger partial charge is 0.118 e. The van der Waals surface area contributed by atoms with Gasteiger partial charge in [0.15, 0.2) is 0 Å². The lowest BCUT2D eigenvalue weighted by molar-refractivity contribution is 0.0697. The molecule has 1 aromatic rings. The van der Waals surface area contributed by atoms with Crippen molar-refractivity contribution in [2.75, 3.05) is 0 Å². The number of aromatic hydroxyl groups is 1. The molecule has 1 aromatic carbocycles. The Morgan fingerprint density at radius 1 is 0.833 bits per heavy atom. The van der Waals surface area contributed by atoms with Crippen LogP contribution in [0.2, 0.25) is 0 Å². The molecule has 0 radical (unpaired) electrons. The van der Waals surface area contributed by atoms with Crippen LogP contribution in [0.15, 0.2) is 18.2 Å². The first-order valence-electron chi connectivity index (χ1n) is 15.3. The molecule has 2 aliphatic carbocycles. The van der Waals surface area contributed by atoms with Crippen LogP contribution in [0.1, 0.15) is 129 Å². The van der Waals surface area contributed by atoms with Gasteiger partial charge in [0.1, 0.15) is 5.75 Å². The van der Waals surface area contributed by atoms with Gasteiger partial charge in [-0.25, -0.2) is 0 Å². The summed E-state index contributed by atoms with van der Waals surface area (Å²) in [5, 5.41) is 31.9. The van der Waals surface area contributed by atoms with Gasteiger partial charge in [0.25, 0.3) is 0 Å². The average molecular weight is 501 g/mol. The highest BCUT2D eigenvalue weighted by molar-refractivity contribution is 5.37. The predicted molar refractivity (Wildman–Crippen MR) is 151 cm³/mol. The Balaban J connectivity index is 1.42. The first-order valence-corrected chi connectivity index (χ1v) is 15.3. The summed E-state index contributed by atoms with van der Waals surface area (Å²) < 4.78 is 0. The van der Waals surface area contributed by atoms with Crippen molar-refractivity contribution < 1.29 is 15.3 Å². The zero-order valence-corrected chi connectivity index (χ0v) is 23.9. The average Bonchev–Trinajstić information content (AvgIpc) is 2.99. The largest absolute Gasteiger partial charge is 0.508 e. The molecule has 6 unspecified atom stereocenters. The Morgan fingerprint density at radius 3 is 2.28 bits per heavy atom. The Kier molecular flexibility index (Phi) is 11.6. The SMILES string of the molecule is CC(CCCCCCC1CCCC(Cc2ccc(O)c(CC3CCCCC3O)c2)C(O)C1)C(C)(C)C. The van der Waals surface area contributed by atoms with Gasteiger partial charge in [-0.05, 0) is 84.8 Å². The summed E-state index contributed by atoms with van der Waals surface area (Å²) in [7, 11) is 0. The second-order valence-corrected chi connectivity index (χ2v) is 13.6. The van der Waals surface area contributed by atoms with E-state index in [0.29, 0.717) is 23.0 Å². The molecule has 0 spiro atoms. The van der Waals surface area contributed by atoms with Crippen molar-refractivity contribution in [2.45, 2.75) is 143 Å². The van der Waals surface area contributed by atoms with Crippen LogP contribution in [0.4, 0.5) is 0 Å². The highest BCUT2D eigenvalue weighted by atomic mass is 16.3. The third kappa shape index (κ3) is 9.35. The number of rotatable bonds is 11. The van der Waals surface area contributed by atoms with Gasteiger partial charge in [-0.1, -0.05) is 104 Å². The molecule has 0 aliphatic heterocycles. The zero-order valence-electron chi connectivity index (χ0n) is 23.9. The Hall–Kier alpha value is -1.06. The van der Waals surface area contributed by atoms with Crippen LogP contribution in [0.5, 0.6) is 5.75 Å². The van der Waals surface area contributed by atoms with Crippen molar-refractivity contribution in [2.24, 2.45) is 29.1 Å². The van der Waals surface area contributed by atoms with E-state index in [9.17, 15) is 15.3 Å². The molecule has 0 aromatic heterocycles.